The molecular formula is C18H20FNO3S. The zero-order valence-corrected chi connectivity index (χ0v) is 14.5. The highest BCUT2D eigenvalue weighted by atomic mass is 32.2. The maximum atomic E-state index is 13.4. The second kappa shape index (κ2) is 7.57. The lowest BCUT2D eigenvalue weighted by atomic mass is 10.1. The third kappa shape index (κ3) is 5.16. The highest BCUT2D eigenvalue weighted by molar-refractivity contribution is 7.91. The summed E-state index contributed by atoms with van der Waals surface area (Å²) in [5.74, 6) is -1.71. The number of carbonyl (C=O) groups excluding carboxylic acids is 1. The van der Waals surface area contributed by atoms with Gasteiger partial charge in [0.2, 0.25) is 5.91 Å². The highest BCUT2D eigenvalue weighted by Gasteiger charge is 2.18. The van der Waals surface area contributed by atoms with E-state index < -0.39 is 21.5 Å². The van der Waals surface area contributed by atoms with Gasteiger partial charge in [-0.25, -0.2) is 12.8 Å². The molecule has 0 aliphatic carbocycles. The van der Waals surface area contributed by atoms with Crippen molar-refractivity contribution in [2.45, 2.75) is 26.1 Å². The van der Waals surface area contributed by atoms with Crippen LogP contribution < -0.4 is 5.32 Å². The fourth-order valence-corrected chi connectivity index (χ4v) is 3.66. The number of rotatable bonds is 6. The number of benzene rings is 2. The molecule has 0 aliphatic heterocycles. The first-order valence-corrected chi connectivity index (χ1v) is 9.35. The lowest BCUT2D eigenvalue weighted by Crippen LogP contribution is -2.30. The molecule has 2 aromatic rings. The molecular weight excluding hydrogens is 329 g/mol. The summed E-state index contributed by atoms with van der Waals surface area (Å²) in [6, 6.07) is 11.8. The molecule has 4 nitrogen and oxygen atoms in total. The maximum absolute atomic E-state index is 13.4. The van der Waals surface area contributed by atoms with Crippen molar-refractivity contribution in [2.24, 2.45) is 0 Å². The summed E-state index contributed by atoms with van der Waals surface area (Å²) in [4.78, 5) is 11.9. The lowest BCUT2D eigenvalue weighted by Gasteiger charge is -2.09. The van der Waals surface area contributed by atoms with Gasteiger partial charge in [-0.15, -0.1) is 0 Å². The van der Waals surface area contributed by atoms with Crippen molar-refractivity contribution in [1.29, 1.82) is 0 Å². The van der Waals surface area contributed by atoms with E-state index in [0.717, 1.165) is 5.56 Å². The van der Waals surface area contributed by atoms with Crippen LogP contribution in [0.4, 0.5) is 4.39 Å². The molecule has 128 valence electrons. The van der Waals surface area contributed by atoms with E-state index in [1.165, 1.54) is 6.07 Å². The second-order valence-corrected chi connectivity index (χ2v) is 7.88. The molecule has 0 spiro atoms. The van der Waals surface area contributed by atoms with Crippen LogP contribution in [0.25, 0.3) is 0 Å². The Balaban J connectivity index is 1.93. The first-order chi connectivity index (χ1) is 11.3. The highest BCUT2D eigenvalue weighted by Crippen LogP contribution is 2.12. The first-order valence-electron chi connectivity index (χ1n) is 7.53. The van der Waals surface area contributed by atoms with Crippen LogP contribution in [0.1, 0.15) is 22.3 Å². The smallest absolute Gasteiger partial charge is 0.235 e. The van der Waals surface area contributed by atoms with Crippen molar-refractivity contribution in [3.05, 3.63) is 70.5 Å². The quantitative estimate of drug-likeness (QED) is 0.872. The van der Waals surface area contributed by atoms with Crippen molar-refractivity contribution in [3.63, 3.8) is 0 Å². The molecule has 0 saturated heterocycles. The van der Waals surface area contributed by atoms with E-state index in [1.807, 2.05) is 19.1 Å². The number of nitrogens with one attached hydrogen (secondary N) is 1. The fourth-order valence-electron chi connectivity index (χ4n) is 2.26. The summed E-state index contributed by atoms with van der Waals surface area (Å²) in [6.07, 6.45) is 0. The van der Waals surface area contributed by atoms with Gasteiger partial charge in [-0.05, 0) is 42.2 Å². The molecule has 0 saturated carbocycles. The van der Waals surface area contributed by atoms with Gasteiger partial charge in [0.25, 0.3) is 0 Å². The van der Waals surface area contributed by atoms with Crippen LogP contribution in [-0.4, -0.2) is 20.1 Å². The molecule has 0 aromatic heterocycles. The van der Waals surface area contributed by atoms with E-state index in [-0.39, 0.29) is 18.1 Å². The third-order valence-electron chi connectivity index (χ3n) is 3.71. The van der Waals surface area contributed by atoms with Crippen molar-refractivity contribution < 1.29 is 17.6 Å². The van der Waals surface area contributed by atoms with E-state index in [4.69, 9.17) is 0 Å². The minimum absolute atomic E-state index is 0.0932. The van der Waals surface area contributed by atoms with Crippen LogP contribution in [-0.2, 0) is 26.9 Å². The van der Waals surface area contributed by atoms with E-state index >= 15 is 0 Å². The van der Waals surface area contributed by atoms with Gasteiger partial charge in [0.05, 0.1) is 5.75 Å². The van der Waals surface area contributed by atoms with Gasteiger partial charge in [0.1, 0.15) is 11.6 Å². The van der Waals surface area contributed by atoms with Crippen LogP contribution >= 0.6 is 0 Å². The van der Waals surface area contributed by atoms with Gasteiger partial charge >= 0.3 is 0 Å². The van der Waals surface area contributed by atoms with Gasteiger partial charge in [-0.2, -0.15) is 0 Å². The zero-order chi connectivity index (χ0) is 17.7. The number of amides is 1. The van der Waals surface area contributed by atoms with Gasteiger partial charge < -0.3 is 5.32 Å². The Morgan fingerprint density at radius 3 is 2.46 bits per heavy atom. The maximum Gasteiger partial charge on any atom is 0.235 e. The molecule has 2 rings (SSSR count). The normalized spacial score (nSPS) is 11.3. The Morgan fingerprint density at radius 2 is 1.79 bits per heavy atom. The van der Waals surface area contributed by atoms with Gasteiger partial charge in [-0.1, -0.05) is 36.4 Å². The Morgan fingerprint density at radius 1 is 1.08 bits per heavy atom. The van der Waals surface area contributed by atoms with Gasteiger partial charge in [-0.3, -0.25) is 4.79 Å². The molecule has 0 unspecified atom stereocenters. The van der Waals surface area contributed by atoms with Crippen LogP contribution in [0.15, 0.2) is 42.5 Å². The molecule has 0 fully saturated rings. The molecule has 1 amide bonds. The van der Waals surface area contributed by atoms with E-state index in [1.54, 1.807) is 31.2 Å². The molecule has 6 heteroatoms. The van der Waals surface area contributed by atoms with Crippen LogP contribution in [0.2, 0.25) is 0 Å². The van der Waals surface area contributed by atoms with Gasteiger partial charge in [0, 0.05) is 6.54 Å². The van der Waals surface area contributed by atoms with Crippen molar-refractivity contribution in [2.75, 3.05) is 5.75 Å². The standard InChI is InChI=1S/C18H20FNO3S/c1-13-5-3-4-6-16(13)11-24(22,23)12-18(21)20-10-15-8-7-14(2)17(19)9-15/h3-9H,10-12H2,1-2H3,(H,20,21). The number of halogens is 1. The summed E-state index contributed by atoms with van der Waals surface area (Å²) in [6.45, 7) is 3.57. The summed E-state index contributed by atoms with van der Waals surface area (Å²) in [5, 5.41) is 2.52. The minimum atomic E-state index is -3.56. The third-order valence-corrected chi connectivity index (χ3v) is 5.17. The van der Waals surface area contributed by atoms with Crippen molar-refractivity contribution in [1.82, 2.24) is 5.32 Å². The molecule has 1 N–H and O–H groups in total. The Hall–Kier alpha value is -2.21. The predicted molar refractivity (Wildman–Crippen MR) is 91.7 cm³/mol. The number of carbonyl (C=O) groups is 1. The minimum Gasteiger partial charge on any atom is -0.351 e. The SMILES string of the molecule is Cc1ccc(CNC(=O)CS(=O)(=O)Cc2ccccc2C)cc1F. The molecule has 0 bridgehead atoms. The zero-order valence-electron chi connectivity index (χ0n) is 13.7. The first kappa shape index (κ1) is 18.1. The summed E-state index contributed by atoms with van der Waals surface area (Å²) in [7, 11) is -3.56. The number of hydrogen-bond acceptors (Lipinski definition) is 3. The molecule has 0 atom stereocenters. The summed E-state index contributed by atoms with van der Waals surface area (Å²) in [5.41, 5.74) is 2.66. The van der Waals surface area contributed by atoms with Crippen LogP contribution in [0.3, 0.4) is 0 Å². The largest absolute Gasteiger partial charge is 0.351 e. The fraction of sp³-hybridized carbons (Fsp3) is 0.278. The van der Waals surface area contributed by atoms with Crippen LogP contribution in [0.5, 0.6) is 0 Å². The van der Waals surface area contributed by atoms with E-state index in [2.05, 4.69) is 5.32 Å². The molecule has 0 aliphatic rings. The Labute approximate surface area is 141 Å². The van der Waals surface area contributed by atoms with Crippen LogP contribution in [0, 0.1) is 19.7 Å². The Bertz CT molecular complexity index is 847. The monoisotopic (exact) mass is 349 g/mol. The number of hydrogen-bond donors (Lipinski definition) is 1. The van der Waals surface area contributed by atoms with Crippen molar-refractivity contribution >= 4 is 15.7 Å². The van der Waals surface area contributed by atoms with E-state index in [0.29, 0.717) is 16.7 Å². The average Bonchev–Trinajstić information content (AvgIpc) is 2.50. The van der Waals surface area contributed by atoms with E-state index in [9.17, 15) is 17.6 Å². The Kier molecular flexibility index (Phi) is 5.72. The molecule has 0 heterocycles. The van der Waals surface area contributed by atoms with Crippen molar-refractivity contribution in [3.8, 4) is 0 Å². The number of aryl methyl sites for hydroxylation is 2. The number of sulfone groups is 1. The molecule has 24 heavy (non-hydrogen) atoms. The van der Waals surface area contributed by atoms with Gasteiger partial charge in [0.15, 0.2) is 9.84 Å². The summed E-state index contributed by atoms with van der Waals surface area (Å²) < 4.78 is 37.8. The lowest BCUT2D eigenvalue weighted by molar-refractivity contribution is -0.118. The summed E-state index contributed by atoms with van der Waals surface area (Å²) >= 11 is 0. The molecule has 2 aromatic carbocycles. The topological polar surface area (TPSA) is 63.2 Å². The molecule has 0 radical (unpaired) electrons. The second-order valence-electron chi connectivity index (χ2n) is 5.82. The average molecular weight is 349 g/mol. The predicted octanol–water partition coefficient (Wildman–Crippen LogP) is 2.67.